The highest BCUT2D eigenvalue weighted by Gasteiger charge is 2.26. The minimum absolute atomic E-state index is 0.0354. The van der Waals surface area contributed by atoms with Crippen molar-refractivity contribution in [3.8, 4) is 0 Å². The van der Waals surface area contributed by atoms with Gasteiger partial charge >= 0.3 is 0 Å². The molecule has 10 heteroatoms. The summed E-state index contributed by atoms with van der Waals surface area (Å²) in [6, 6.07) is 3.58. The molecule has 170 valence electrons. The Morgan fingerprint density at radius 2 is 2.03 bits per heavy atom. The van der Waals surface area contributed by atoms with Gasteiger partial charge in [-0.05, 0) is 42.7 Å². The van der Waals surface area contributed by atoms with E-state index in [-0.39, 0.29) is 23.4 Å². The van der Waals surface area contributed by atoms with Crippen molar-refractivity contribution in [3.63, 3.8) is 0 Å². The van der Waals surface area contributed by atoms with E-state index in [1.807, 2.05) is 0 Å². The van der Waals surface area contributed by atoms with Crippen molar-refractivity contribution in [1.82, 2.24) is 14.9 Å². The number of aliphatic hydroxyl groups excluding tert-OH is 2. The van der Waals surface area contributed by atoms with Gasteiger partial charge in [0.15, 0.2) is 5.82 Å². The number of anilines is 1. The topological polar surface area (TPSA) is 90.7 Å². The molecule has 0 spiro atoms. The normalized spacial score (nSPS) is 20.2. The number of nitrogens with one attached hydrogen (secondary N) is 1. The van der Waals surface area contributed by atoms with E-state index in [0.717, 1.165) is 19.0 Å². The second-order valence-electron chi connectivity index (χ2n) is 7.59. The molecule has 2 atom stereocenters. The third-order valence-electron chi connectivity index (χ3n) is 5.49. The van der Waals surface area contributed by atoms with Gasteiger partial charge in [0.05, 0.1) is 23.9 Å². The standard InChI is InChI=1S/C22H23ClF2N4O3/c23-16-2-1-13(9-17(16)24)19(12-30)29-6-3-14(10-20(29)31)21-18(25)11-26-22(28-21)27-15-4-7-32-8-5-15/h1-3,6,9-11,15,19-20,30-31H,4-5,7-8,12H2,(H,26,27,28)/t19-,20?/m1/s1. The lowest BCUT2D eigenvalue weighted by molar-refractivity contribution is 0.0254. The van der Waals surface area contributed by atoms with E-state index in [2.05, 4.69) is 15.3 Å². The lowest BCUT2D eigenvalue weighted by atomic mass is 10.0. The first-order valence-electron chi connectivity index (χ1n) is 10.2. The van der Waals surface area contributed by atoms with Crippen molar-refractivity contribution >= 4 is 23.1 Å². The number of aliphatic hydroxyl groups is 2. The first kappa shape index (κ1) is 22.6. The van der Waals surface area contributed by atoms with E-state index in [1.54, 1.807) is 12.1 Å². The fraction of sp³-hybridized carbons (Fsp3) is 0.364. The average molecular weight is 465 g/mol. The molecule has 2 aliphatic heterocycles. The number of allylic oxidation sites excluding steroid dienone is 2. The van der Waals surface area contributed by atoms with Crippen LogP contribution in [0.1, 0.15) is 30.1 Å². The van der Waals surface area contributed by atoms with Gasteiger partial charge in [-0.25, -0.2) is 18.7 Å². The molecule has 2 aromatic rings. The van der Waals surface area contributed by atoms with Crippen LogP contribution in [0.4, 0.5) is 14.7 Å². The van der Waals surface area contributed by atoms with Gasteiger partial charge < -0.3 is 25.2 Å². The molecule has 0 aliphatic carbocycles. The predicted molar refractivity (Wildman–Crippen MR) is 116 cm³/mol. The van der Waals surface area contributed by atoms with Gasteiger partial charge in [-0.2, -0.15) is 0 Å². The fourth-order valence-electron chi connectivity index (χ4n) is 3.76. The lowest BCUT2D eigenvalue weighted by Gasteiger charge is -2.35. The maximum absolute atomic E-state index is 14.5. The summed E-state index contributed by atoms with van der Waals surface area (Å²) in [6.07, 6.45) is 6.00. The number of halogens is 3. The van der Waals surface area contributed by atoms with Crippen LogP contribution in [0, 0.1) is 11.6 Å². The van der Waals surface area contributed by atoms with E-state index in [4.69, 9.17) is 16.3 Å². The second kappa shape index (κ2) is 9.91. The highest BCUT2D eigenvalue weighted by Crippen LogP contribution is 2.31. The summed E-state index contributed by atoms with van der Waals surface area (Å²) in [5, 5.41) is 23.7. The summed E-state index contributed by atoms with van der Waals surface area (Å²) < 4.78 is 33.7. The summed E-state index contributed by atoms with van der Waals surface area (Å²) >= 11 is 5.74. The van der Waals surface area contributed by atoms with Gasteiger partial charge in [-0.1, -0.05) is 17.7 Å². The summed E-state index contributed by atoms with van der Waals surface area (Å²) in [5.74, 6) is -0.955. The van der Waals surface area contributed by atoms with E-state index in [0.29, 0.717) is 30.3 Å². The van der Waals surface area contributed by atoms with Gasteiger partial charge in [0.1, 0.15) is 17.7 Å². The lowest BCUT2D eigenvalue weighted by Crippen LogP contribution is -2.36. The molecule has 1 unspecified atom stereocenters. The predicted octanol–water partition coefficient (Wildman–Crippen LogP) is 3.26. The maximum Gasteiger partial charge on any atom is 0.223 e. The Hall–Kier alpha value is -2.59. The highest BCUT2D eigenvalue weighted by molar-refractivity contribution is 6.30. The number of hydrogen-bond donors (Lipinski definition) is 3. The number of rotatable bonds is 6. The zero-order valence-electron chi connectivity index (χ0n) is 17.1. The number of aromatic nitrogens is 2. The Morgan fingerprint density at radius 3 is 2.72 bits per heavy atom. The van der Waals surface area contributed by atoms with Crippen molar-refractivity contribution in [2.24, 2.45) is 0 Å². The molecule has 1 fully saturated rings. The molecule has 0 bridgehead atoms. The second-order valence-corrected chi connectivity index (χ2v) is 8.00. The van der Waals surface area contributed by atoms with Crippen molar-refractivity contribution in [2.75, 3.05) is 25.1 Å². The summed E-state index contributed by atoms with van der Waals surface area (Å²) in [5.41, 5.74) is 0.844. The minimum Gasteiger partial charge on any atom is -0.394 e. The Balaban J connectivity index is 1.54. The van der Waals surface area contributed by atoms with Crippen molar-refractivity contribution in [2.45, 2.75) is 31.2 Å². The molecular formula is C22H23ClF2N4O3. The molecule has 0 radical (unpaired) electrons. The molecule has 3 N–H and O–H groups in total. The highest BCUT2D eigenvalue weighted by atomic mass is 35.5. The third-order valence-corrected chi connectivity index (χ3v) is 5.80. The van der Waals surface area contributed by atoms with E-state index in [9.17, 15) is 19.0 Å². The van der Waals surface area contributed by atoms with E-state index in [1.165, 1.54) is 29.3 Å². The quantitative estimate of drug-likeness (QED) is 0.604. The van der Waals surface area contributed by atoms with E-state index < -0.39 is 23.9 Å². The summed E-state index contributed by atoms with van der Waals surface area (Å²) in [7, 11) is 0. The molecule has 4 rings (SSSR count). The number of benzene rings is 1. The van der Waals surface area contributed by atoms with Crippen molar-refractivity contribution in [3.05, 3.63) is 70.7 Å². The third kappa shape index (κ3) is 4.91. The zero-order valence-corrected chi connectivity index (χ0v) is 17.8. The summed E-state index contributed by atoms with van der Waals surface area (Å²) in [6.45, 7) is 0.906. The first-order valence-corrected chi connectivity index (χ1v) is 10.6. The molecule has 32 heavy (non-hydrogen) atoms. The molecule has 3 heterocycles. The van der Waals surface area contributed by atoms with Gasteiger partial charge in [-0.3, -0.25) is 0 Å². The molecule has 1 saturated heterocycles. The molecule has 0 saturated carbocycles. The Morgan fingerprint density at radius 1 is 1.25 bits per heavy atom. The maximum atomic E-state index is 14.5. The van der Waals surface area contributed by atoms with Crippen LogP contribution in [-0.2, 0) is 4.74 Å². The molecule has 0 amide bonds. The minimum atomic E-state index is -1.20. The van der Waals surface area contributed by atoms with Crippen LogP contribution in [0.15, 0.2) is 42.7 Å². The van der Waals surface area contributed by atoms with Crippen LogP contribution in [0.5, 0.6) is 0 Å². The zero-order chi connectivity index (χ0) is 22.7. The van der Waals surface area contributed by atoms with Crippen LogP contribution >= 0.6 is 11.6 Å². The smallest absolute Gasteiger partial charge is 0.223 e. The Kier molecular flexibility index (Phi) is 7.00. The van der Waals surface area contributed by atoms with Crippen LogP contribution in [0.3, 0.4) is 0 Å². The van der Waals surface area contributed by atoms with Crippen molar-refractivity contribution in [1.29, 1.82) is 0 Å². The van der Waals surface area contributed by atoms with Crippen LogP contribution < -0.4 is 5.32 Å². The van der Waals surface area contributed by atoms with Crippen LogP contribution in [0.25, 0.3) is 5.57 Å². The van der Waals surface area contributed by atoms with Crippen LogP contribution in [0.2, 0.25) is 5.02 Å². The van der Waals surface area contributed by atoms with Gasteiger partial charge in [0.25, 0.3) is 0 Å². The molecule has 1 aromatic carbocycles. The molecule has 2 aliphatic rings. The largest absolute Gasteiger partial charge is 0.394 e. The number of ether oxygens (including phenoxy) is 1. The number of nitrogens with zero attached hydrogens (tertiary/aromatic N) is 3. The number of hydrogen-bond acceptors (Lipinski definition) is 7. The Labute approximate surface area is 189 Å². The van der Waals surface area contributed by atoms with E-state index >= 15 is 0 Å². The van der Waals surface area contributed by atoms with Crippen molar-refractivity contribution < 1.29 is 23.7 Å². The summed E-state index contributed by atoms with van der Waals surface area (Å²) in [4.78, 5) is 9.75. The fourth-order valence-corrected chi connectivity index (χ4v) is 3.88. The molecule has 1 aromatic heterocycles. The van der Waals surface area contributed by atoms with Gasteiger partial charge in [0, 0.05) is 31.0 Å². The molecular weight excluding hydrogens is 442 g/mol. The first-order chi connectivity index (χ1) is 15.5. The Bertz CT molecular complexity index is 1030. The van der Waals surface area contributed by atoms with Gasteiger partial charge in [0.2, 0.25) is 5.95 Å². The van der Waals surface area contributed by atoms with Crippen LogP contribution in [-0.4, -0.2) is 57.2 Å². The molecule has 7 nitrogen and oxygen atoms in total. The monoisotopic (exact) mass is 464 g/mol. The SMILES string of the molecule is OC[C@H](c1ccc(Cl)c(F)c1)N1C=CC(c2nc(NC3CCOCC3)ncc2F)=CC1O. The van der Waals surface area contributed by atoms with Gasteiger partial charge in [-0.15, -0.1) is 0 Å². The average Bonchev–Trinajstić information content (AvgIpc) is 2.79.